The minimum absolute atomic E-state index is 0.00683. The Balaban J connectivity index is 1.38. The minimum Gasteiger partial charge on any atom is -0.486 e. The second kappa shape index (κ2) is 10.1. The van der Waals surface area contributed by atoms with Crippen molar-refractivity contribution in [3.05, 3.63) is 57.7 Å². The summed E-state index contributed by atoms with van der Waals surface area (Å²) in [6.45, 7) is 2.47. The van der Waals surface area contributed by atoms with Crippen LogP contribution in [0.4, 0.5) is 4.39 Å². The van der Waals surface area contributed by atoms with Crippen LogP contribution in [0.3, 0.4) is 0 Å². The summed E-state index contributed by atoms with van der Waals surface area (Å²) in [6.07, 6.45) is 0.760. The quantitative estimate of drug-likeness (QED) is 0.363. The van der Waals surface area contributed by atoms with E-state index in [4.69, 9.17) is 21.1 Å². The predicted octanol–water partition coefficient (Wildman–Crippen LogP) is 3.96. The lowest BCUT2D eigenvalue weighted by Gasteiger charge is -2.29. The lowest BCUT2D eigenvalue weighted by molar-refractivity contribution is -0.118. The first kappa shape index (κ1) is 24.0. The molecule has 2 aliphatic heterocycles. The number of thiophene rings is 1. The maximum atomic E-state index is 14.6. The number of hydrogen-bond acceptors (Lipinski definition) is 7. The van der Waals surface area contributed by atoms with Crippen molar-refractivity contribution >= 4 is 44.7 Å². The molecule has 0 aliphatic carbocycles. The summed E-state index contributed by atoms with van der Waals surface area (Å²) in [6, 6.07) is 8.77. The van der Waals surface area contributed by atoms with E-state index in [1.165, 1.54) is 23.5 Å². The predicted molar refractivity (Wildman–Crippen MR) is 131 cm³/mol. The molecule has 35 heavy (non-hydrogen) atoms. The van der Waals surface area contributed by atoms with Gasteiger partial charge in [-0.1, -0.05) is 17.7 Å². The topological polar surface area (TPSA) is 88.1 Å². The van der Waals surface area contributed by atoms with Gasteiger partial charge in [0.2, 0.25) is 0 Å². The molecule has 7 nitrogen and oxygen atoms in total. The van der Waals surface area contributed by atoms with Gasteiger partial charge in [-0.15, -0.1) is 11.3 Å². The number of likely N-dealkylation sites (tertiary alicyclic amines) is 1. The second-order valence-corrected chi connectivity index (χ2v) is 10.2. The molecule has 0 unspecified atom stereocenters. The van der Waals surface area contributed by atoms with E-state index in [0.717, 1.165) is 36.0 Å². The number of fused-ring (bicyclic) bond motifs is 2. The van der Waals surface area contributed by atoms with E-state index in [0.29, 0.717) is 11.6 Å². The number of Topliss-reactive ketones (excluding diaryl/α,β-unsaturated/α-hetero) is 1. The van der Waals surface area contributed by atoms with Gasteiger partial charge in [0.05, 0.1) is 10.9 Å². The molecule has 5 rings (SSSR count). The lowest BCUT2D eigenvalue weighted by Crippen LogP contribution is -2.48. The fraction of sp³-hybridized carbons (Fsp3) is 0.360. The van der Waals surface area contributed by atoms with E-state index in [1.807, 2.05) is 0 Å². The average Bonchev–Trinajstić information content (AvgIpc) is 3.52. The fourth-order valence-corrected chi connectivity index (χ4v) is 5.74. The summed E-state index contributed by atoms with van der Waals surface area (Å²) in [5, 5.41) is 15.2. The van der Waals surface area contributed by atoms with E-state index in [9.17, 15) is 19.1 Å². The van der Waals surface area contributed by atoms with Crippen LogP contribution < -0.4 is 14.8 Å². The van der Waals surface area contributed by atoms with Gasteiger partial charge in [0.1, 0.15) is 19.3 Å². The van der Waals surface area contributed by atoms with Crippen molar-refractivity contribution in [3.8, 4) is 11.5 Å². The van der Waals surface area contributed by atoms with Gasteiger partial charge in [-0.25, -0.2) is 4.39 Å². The summed E-state index contributed by atoms with van der Waals surface area (Å²) in [7, 11) is 0. The molecule has 0 spiro atoms. The zero-order chi connectivity index (χ0) is 24.5. The van der Waals surface area contributed by atoms with E-state index in [2.05, 4.69) is 10.2 Å². The number of nitrogens with zero attached hydrogens (tertiary/aromatic N) is 1. The number of ether oxygens (including phenoxy) is 2. The summed E-state index contributed by atoms with van der Waals surface area (Å²) >= 11 is 7.22. The normalized spacial score (nSPS) is 17.3. The first-order chi connectivity index (χ1) is 16.9. The van der Waals surface area contributed by atoms with Gasteiger partial charge < -0.3 is 24.8 Å². The highest BCUT2D eigenvalue weighted by molar-refractivity contribution is 7.21. The largest absolute Gasteiger partial charge is 0.486 e. The SMILES string of the molecule is O=C(N[C@H](CN1CCCC1)[C@H](O)c1cc(F)c2c(c1)OCCO2)C(=O)c1cc2ccc(Cl)cc2s1. The number of carbonyl (C=O) groups excluding carboxylic acids is 2. The zero-order valence-corrected chi connectivity index (χ0v) is 20.3. The Hall–Kier alpha value is -2.72. The van der Waals surface area contributed by atoms with Crippen LogP contribution in [0.2, 0.25) is 5.02 Å². The van der Waals surface area contributed by atoms with Crippen LogP contribution in [-0.4, -0.2) is 60.6 Å². The molecule has 184 valence electrons. The highest BCUT2D eigenvalue weighted by Crippen LogP contribution is 2.36. The number of halogens is 2. The Kier molecular flexibility index (Phi) is 6.93. The number of carbonyl (C=O) groups is 2. The van der Waals surface area contributed by atoms with Gasteiger partial charge in [0.15, 0.2) is 17.3 Å². The number of benzene rings is 2. The molecule has 2 aliphatic rings. The number of hydrogen-bond donors (Lipinski definition) is 2. The van der Waals surface area contributed by atoms with Crippen molar-refractivity contribution in [2.45, 2.75) is 25.0 Å². The van der Waals surface area contributed by atoms with Gasteiger partial charge in [-0.05, 0) is 67.2 Å². The summed E-state index contributed by atoms with van der Waals surface area (Å²) < 4.78 is 26.2. The molecule has 3 heterocycles. The van der Waals surface area contributed by atoms with E-state index in [-0.39, 0.29) is 35.2 Å². The molecule has 1 amide bonds. The van der Waals surface area contributed by atoms with Crippen LogP contribution >= 0.6 is 22.9 Å². The fourth-order valence-electron chi connectivity index (χ4n) is 4.46. The second-order valence-electron chi connectivity index (χ2n) is 8.68. The third-order valence-corrected chi connectivity index (χ3v) is 7.56. The Morgan fingerprint density at radius 2 is 1.91 bits per heavy atom. The number of nitrogens with one attached hydrogen (secondary N) is 1. The molecule has 0 bridgehead atoms. The van der Waals surface area contributed by atoms with Crippen molar-refractivity contribution < 1.29 is 28.6 Å². The minimum atomic E-state index is -1.26. The van der Waals surface area contributed by atoms with Crippen molar-refractivity contribution in [2.75, 3.05) is 32.8 Å². The molecule has 2 atom stereocenters. The van der Waals surface area contributed by atoms with E-state index < -0.39 is 29.7 Å². The van der Waals surface area contributed by atoms with Crippen LogP contribution in [0.15, 0.2) is 36.4 Å². The van der Waals surface area contributed by atoms with Crippen molar-refractivity contribution in [2.24, 2.45) is 0 Å². The molecule has 2 N–H and O–H groups in total. The van der Waals surface area contributed by atoms with Crippen LogP contribution in [0.1, 0.15) is 34.2 Å². The first-order valence-electron chi connectivity index (χ1n) is 11.4. The maximum absolute atomic E-state index is 14.6. The molecule has 1 fully saturated rings. The Bertz CT molecular complexity index is 1280. The number of aliphatic hydroxyl groups excluding tert-OH is 1. The monoisotopic (exact) mass is 518 g/mol. The third-order valence-electron chi connectivity index (χ3n) is 6.22. The Morgan fingerprint density at radius 1 is 1.14 bits per heavy atom. The number of aliphatic hydroxyl groups is 1. The number of rotatable bonds is 7. The average molecular weight is 519 g/mol. The molecular weight excluding hydrogens is 495 g/mol. The molecule has 3 aromatic rings. The van der Waals surface area contributed by atoms with Crippen molar-refractivity contribution in [1.82, 2.24) is 10.2 Å². The Morgan fingerprint density at radius 3 is 2.71 bits per heavy atom. The number of amides is 1. The van der Waals surface area contributed by atoms with Gasteiger partial charge in [-0.3, -0.25) is 9.59 Å². The van der Waals surface area contributed by atoms with Crippen molar-refractivity contribution in [1.29, 1.82) is 0 Å². The van der Waals surface area contributed by atoms with Gasteiger partial charge >= 0.3 is 0 Å². The standard InChI is InChI=1S/C25H24ClFN2O5S/c26-16-4-3-14-11-21(35-20(14)12-16)23(31)25(32)28-18(13-29-5-1-2-6-29)22(30)15-9-17(27)24-19(10-15)33-7-8-34-24/h3-4,9-12,18,22,30H,1-2,5-8,13H2,(H,28,32)/t18-,22-/m1/s1. The molecule has 10 heteroatoms. The van der Waals surface area contributed by atoms with Crippen LogP contribution in [0.25, 0.3) is 10.1 Å². The highest BCUT2D eigenvalue weighted by Gasteiger charge is 2.31. The van der Waals surface area contributed by atoms with Crippen LogP contribution in [0, 0.1) is 5.82 Å². The van der Waals surface area contributed by atoms with Crippen LogP contribution in [-0.2, 0) is 4.79 Å². The molecule has 1 saturated heterocycles. The van der Waals surface area contributed by atoms with Gasteiger partial charge in [-0.2, -0.15) is 0 Å². The van der Waals surface area contributed by atoms with Crippen LogP contribution in [0.5, 0.6) is 11.5 Å². The summed E-state index contributed by atoms with van der Waals surface area (Å²) in [5.74, 6) is -1.97. The third kappa shape index (κ3) is 5.13. The first-order valence-corrected chi connectivity index (χ1v) is 12.6. The van der Waals surface area contributed by atoms with E-state index in [1.54, 1.807) is 24.3 Å². The molecule has 2 aromatic carbocycles. The molecule has 1 aromatic heterocycles. The molecule has 0 saturated carbocycles. The number of ketones is 1. The summed E-state index contributed by atoms with van der Waals surface area (Å²) in [5.41, 5.74) is 0.236. The lowest BCUT2D eigenvalue weighted by atomic mass is 10.00. The smallest absolute Gasteiger partial charge is 0.293 e. The Labute approximate surface area is 210 Å². The highest BCUT2D eigenvalue weighted by atomic mass is 35.5. The van der Waals surface area contributed by atoms with Gasteiger partial charge in [0.25, 0.3) is 11.7 Å². The summed E-state index contributed by atoms with van der Waals surface area (Å²) in [4.78, 5) is 28.3. The van der Waals surface area contributed by atoms with E-state index >= 15 is 0 Å². The zero-order valence-electron chi connectivity index (χ0n) is 18.8. The molecular formula is C25H24ClFN2O5S. The van der Waals surface area contributed by atoms with Gasteiger partial charge in [0, 0.05) is 16.3 Å². The molecule has 0 radical (unpaired) electrons. The maximum Gasteiger partial charge on any atom is 0.293 e. The van der Waals surface area contributed by atoms with Crippen molar-refractivity contribution in [3.63, 3.8) is 0 Å².